The zero-order valence-electron chi connectivity index (χ0n) is 11.3. The van der Waals surface area contributed by atoms with Crippen molar-refractivity contribution in [2.75, 3.05) is 19.6 Å². The summed E-state index contributed by atoms with van der Waals surface area (Å²) >= 11 is 0. The van der Waals surface area contributed by atoms with Gasteiger partial charge in [-0.05, 0) is 19.3 Å². The molecule has 3 N–H and O–H groups in total. The summed E-state index contributed by atoms with van der Waals surface area (Å²) in [6.45, 7) is 4.19. The molecule has 0 spiro atoms. The van der Waals surface area contributed by atoms with Gasteiger partial charge in [-0.1, -0.05) is 19.8 Å². The number of nitrogens with two attached hydrogens (primary N) is 1. The quantitative estimate of drug-likeness (QED) is 0.700. The minimum Gasteiger partial charge on any atom is -0.354 e. The predicted molar refractivity (Wildman–Crippen MR) is 70.9 cm³/mol. The molecule has 1 unspecified atom stereocenters. The third kappa shape index (κ3) is 5.04. The molecule has 1 atom stereocenters. The Morgan fingerprint density at radius 3 is 2.61 bits per heavy atom. The number of carbonyl (C=O) groups is 2. The lowest BCUT2D eigenvalue weighted by Crippen LogP contribution is -2.42. The van der Waals surface area contributed by atoms with E-state index in [0.29, 0.717) is 19.4 Å². The van der Waals surface area contributed by atoms with Gasteiger partial charge in [-0.3, -0.25) is 9.59 Å². The molecular weight excluding hydrogens is 230 g/mol. The van der Waals surface area contributed by atoms with Crippen LogP contribution in [-0.4, -0.2) is 42.4 Å². The van der Waals surface area contributed by atoms with E-state index in [1.807, 2.05) is 4.90 Å². The van der Waals surface area contributed by atoms with Crippen LogP contribution in [0.2, 0.25) is 0 Å². The minimum absolute atomic E-state index is 0.134. The van der Waals surface area contributed by atoms with Gasteiger partial charge in [0.1, 0.15) is 0 Å². The van der Waals surface area contributed by atoms with Crippen molar-refractivity contribution in [2.45, 2.75) is 51.5 Å². The first-order valence-electron chi connectivity index (χ1n) is 6.96. The van der Waals surface area contributed by atoms with E-state index in [1.54, 1.807) is 0 Å². The Balaban J connectivity index is 2.12. The largest absolute Gasteiger partial charge is 0.354 e. The lowest BCUT2D eigenvalue weighted by atomic mass is 10.1. The standard InChI is InChI=1S/C13H25N3O2/c1-2-3-6-11(14)13(18)15-8-7-12(17)16-9-4-5-10-16/h11H,2-10,14H2,1H3,(H,15,18). The van der Waals surface area contributed by atoms with Gasteiger partial charge in [0.25, 0.3) is 0 Å². The maximum absolute atomic E-state index is 11.7. The second-order valence-electron chi connectivity index (χ2n) is 4.88. The lowest BCUT2D eigenvalue weighted by Gasteiger charge is -2.16. The second-order valence-corrected chi connectivity index (χ2v) is 4.88. The molecule has 0 aromatic heterocycles. The average Bonchev–Trinajstić information content (AvgIpc) is 2.89. The summed E-state index contributed by atoms with van der Waals surface area (Å²) < 4.78 is 0. The monoisotopic (exact) mass is 255 g/mol. The van der Waals surface area contributed by atoms with Crippen LogP contribution >= 0.6 is 0 Å². The van der Waals surface area contributed by atoms with Crippen molar-refractivity contribution in [1.29, 1.82) is 0 Å². The van der Waals surface area contributed by atoms with E-state index in [1.165, 1.54) is 0 Å². The van der Waals surface area contributed by atoms with Crippen LogP contribution in [-0.2, 0) is 9.59 Å². The molecule has 1 aliphatic heterocycles. The van der Waals surface area contributed by atoms with E-state index < -0.39 is 6.04 Å². The SMILES string of the molecule is CCCCC(N)C(=O)NCCC(=O)N1CCCC1. The maximum Gasteiger partial charge on any atom is 0.236 e. The van der Waals surface area contributed by atoms with Gasteiger partial charge in [0.2, 0.25) is 11.8 Å². The van der Waals surface area contributed by atoms with Crippen LogP contribution in [0.4, 0.5) is 0 Å². The fourth-order valence-electron chi connectivity index (χ4n) is 2.10. The van der Waals surface area contributed by atoms with Crippen molar-refractivity contribution >= 4 is 11.8 Å². The number of hydrogen-bond acceptors (Lipinski definition) is 3. The first kappa shape index (κ1) is 15.0. The van der Waals surface area contributed by atoms with E-state index in [-0.39, 0.29) is 11.8 Å². The van der Waals surface area contributed by atoms with Crippen molar-refractivity contribution in [3.8, 4) is 0 Å². The summed E-state index contributed by atoms with van der Waals surface area (Å²) in [5, 5.41) is 2.73. The Labute approximate surface area is 109 Å². The number of likely N-dealkylation sites (tertiary alicyclic amines) is 1. The third-order valence-corrected chi connectivity index (χ3v) is 3.30. The number of rotatable bonds is 7. The molecule has 1 saturated heterocycles. The zero-order chi connectivity index (χ0) is 13.4. The Bertz CT molecular complexity index is 275. The van der Waals surface area contributed by atoms with E-state index >= 15 is 0 Å². The predicted octanol–water partition coefficient (Wildman–Crippen LogP) is 0.633. The van der Waals surface area contributed by atoms with Crippen molar-refractivity contribution in [1.82, 2.24) is 10.2 Å². The minimum atomic E-state index is -0.438. The van der Waals surface area contributed by atoms with Crippen molar-refractivity contribution in [3.05, 3.63) is 0 Å². The van der Waals surface area contributed by atoms with Gasteiger partial charge in [-0.2, -0.15) is 0 Å². The van der Waals surface area contributed by atoms with Gasteiger partial charge in [-0.25, -0.2) is 0 Å². The van der Waals surface area contributed by atoms with Gasteiger partial charge < -0.3 is 16.0 Å². The summed E-state index contributed by atoms with van der Waals surface area (Å²) in [5.41, 5.74) is 5.73. The summed E-state index contributed by atoms with van der Waals surface area (Å²) in [7, 11) is 0. The Morgan fingerprint density at radius 2 is 2.00 bits per heavy atom. The maximum atomic E-state index is 11.7. The van der Waals surface area contributed by atoms with Crippen molar-refractivity contribution < 1.29 is 9.59 Å². The Kier molecular flexibility index (Phi) is 6.72. The first-order chi connectivity index (χ1) is 8.65. The van der Waals surface area contributed by atoms with Crippen LogP contribution in [0, 0.1) is 0 Å². The van der Waals surface area contributed by atoms with E-state index in [0.717, 1.165) is 38.8 Å². The molecule has 1 aliphatic rings. The first-order valence-corrected chi connectivity index (χ1v) is 6.96. The molecule has 104 valence electrons. The smallest absolute Gasteiger partial charge is 0.236 e. The number of hydrogen-bond donors (Lipinski definition) is 2. The molecule has 0 aliphatic carbocycles. The fraction of sp³-hybridized carbons (Fsp3) is 0.846. The number of unbranched alkanes of at least 4 members (excludes halogenated alkanes) is 1. The highest BCUT2D eigenvalue weighted by atomic mass is 16.2. The highest BCUT2D eigenvalue weighted by Gasteiger charge is 2.18. The third-order valence-electron chi connectivity index (χ3n) is 3.30. The molecule has 0 bridgehead atoms. The molecule has 0 saturated carbocycles. The van der Waals surface area contributed by atoms with Gasteiger partial charge in [-0.15, -0.1) is 0 Å². The number of nitrogens with zero attached hydrogens (tertiary/aromatic N) is 1. The Morgan fingerprint density at radius 1 is 1.33 bits per heavy atom. The average molecular weight is 255 g/mol. The van der Waals surface area contributed by atoms with Crippen LogP contribution < -0.4 is 11.1 Å². The van der Waals surface area contributed by atoms with Crippen LogP contribution in [0.3, 0.4) is 0 Å². The lowest BCUT2D eigenvalue weighted by molar-refractivity contribution is -0.130. The van der Waals surface area contributed by atoms with E-state index in [9.17, 15) is 9.59 Å². The number of nitrogens with one attached hydrogen (secondary N) is 1. The zero-order valence-corrected chi connectivity index (χ0v) is 11.3. The topological polar surface area (TPSA) is 75.4 Å². The van der Waals surface area contributed by atoms with Gasteiger partial charge >= 0.3 is 0 Å². The molecule has 5 nitrogen and oxygen atoms in total. The molecule has 1 rings (SSSR count). The molecule has 0 aromatic rings. The molecule has 0 radical (unpaired) electrons. The van der Waals surface area contributed by atoms with Crippen LogP contribution in [0.1, 0.15) is 45.4 Å². The van der Waals surface area contributed by atoms with E-state index in [4.69, 9.17) is 5.73 Å². The van der Waals surface area contributed by atoms with E-state index in [2.05, 4.69) is 12.2 Å². The molecule has 0 aromatic carbocycles. The summed E-state index contributed by atoms with van der Waals surface area (Å²) in [6, 6.07) is -0.438. The second kappa shape index (κ2) is 8.08. The normalized spacial score (nSPS) is 16.7. The molecule has 5 heteroatoms. The Hall–Kier alpha value is -1.10. The van der Waals surface area contributed by atoms with Crippen LogP contribution in [0.25, 0.3) is 0 Å². The molecular formula is C13H25N3O2. The summed E-state index contributed by atoms with van der Waals surface area (Å²) in [6.07, 6.45) is 5.28. The highest BCUT2D eigenvalue weighted by molar-refractivity contribution is 5.82. The van der Waals surface area contributed by atoms with Gasteiger partial charge in [0.05, 0.1) is 6.04 Å². The molecule has 1 heterocycles. The summed E-state index contributed by atoms with van der Waals surface area (Å²) in [4.78, 5) is 25.2. The van der Waals surface area contributed by atoms with Crippen molar-refractivity contribution in [3.63, 3.8) is 0 Å². The fourth-order valence-corrected chi connectivity index (χ4v) is 2.10. The number of amides is 2. The van der Waals surface area contributed by atoms with Gasteiger partial charge in [0, 0.05) is 26.1 Å². The molecule has 18 heavy (non-hydrogen) atoms. The highest BCUT2D eigenvalue weighted by Crippen LogP contribution is 2.08. The van der Waals surface area contributed by atoms with Crippen molar-refractivity contribution in [2.24, 2.45) is 5.73 Å². The summed E-state index contributed by atoms with van der Waals surface area (Å²) in [5.74, 6) is -0.00685. The van der Waals surface area contributed by atoms with Crippen LogP contribution in [0.15, 0.2) is 0 Å². The van der Waals surface area contributed by atoms with Gasteiger partial charge in [0.15, 0.2) is 0 Å². The molecule has 2 amide bonds. The van der Waals surface area contributed by atoms with Crippen LogP contribution in [0.5, 0.6) is 0 Å². The molecule has 1 fully saturated rings. The number of carbonyl (C=O) groups excluding carboxylic acids is 2.